The van der Waals surface area contributed by atoms with Crippen LogP contribution in [0.25, 0.3) is 0 Å². The number of nitrogens with zero attached hydrogens (tertiary/aromatic N) is 2. The van der Waals surface area contributed by atoms with Crippen LogP contribution in [0.1, 0.15) is 9.75 Å². The Bertz CT molecular complexity index is 495. The van der Waals surface area contributed by atoms with Gasteiger partial charge in [-0.2, -0.15) is 5.26 Å². The summed E-state index contributed by atoms with van der Waals surface area (Å²) in [6, 6.07) is 6.15. The number of aliphatic hydroxyl groups excluding tert-OH is 1. The molecule has 1 aromatic rings. The van der Waals surface area contributed by atoms with Crippen LogP contribution < -0.4 is 0 Å². The molecule has 0 aliphatic carbocycles. The van der Waals surface area contributed by atoms with Crippen LogP contribution in [0.15, 0.2) is 12.1 Å². The molecule has 1 saturated heterocycles. The largest absolute Gasteiger partial charge is 0.384 e. The minimum Gasteiger partial charge on any atom is -0.384 e. The minimum absolute atomic E-state index is 0.111. The Morgan fingerprint density at radius 2 is 2.44 bits per heavy atom. The van der Waals surface area contributed by atoms with Gasteiger partial charge in [0.1, 0.15) is 6.61 Å². The van der Waals surface area contributed by atoms with E-state index in [1.807, 2.05) is 12.1 Å². The fourth-order valence-corrected chi connectivity index (χ4v) is 2.73. The Morgan fingerprint density at radius 1 is 1.56 bits per heavy atom. The fraction of sp³-hybridized carbons (Fsp3) is 0.462. The minimum atomic E-state index is -0.313. The number of ether oxygens (including phenoxy) is 1. The van der Waals surface area contributed by atoms with E-state index in [1.54, 1.807) is 11.3 Å². The lowest BCUT2D eigenvalue weighted by atomic mass is 10.3. The molecule has 0 saturated carbocycles. The second-order valence-electron chi connectivity index (χ2n) is 3.95. The number of hydrogen-bond donors (Lipinski definition) is 1. The van der Waals surface area contributed by atoms with Crippen LogP contribution in [0.3, 0.4) is 0 Å². The lowest BCUT2D eigenvalue weighted by molar-refractivity contribution is -0.00232. The third-order valence-corrected chi connectivity index (χ3v) is 3.61. The lowest BCUT2D eigenvalue weighted by Gasteiger charge is -2.29. The molecule has 0 aromatic carbocycles. The van der Waals surface area contributed by atoms with E-state index in [-0.39, 0.29) is 12.7 Å². The Balaban J connectivity index is 1.93. The van der Waals surface area contributed by atoms with Crippen molar-refractivity contribution in [1.82, 2.24) is 4.90 Å². The molecule has 18 heavy (non-hydrogen) atoms. The quantitative estimate of drug-likeness (QED) is 0.802. The van der Waals surface area contributed by atoms with E-state index in [4.69, 9.17) is 15.1 Å². The van der Waals surface area contributed by atoms with Crippen LogP contribution in [-0.4, -0.2) is 42.4 Å². The van der Waals surface area contributed by atoms with E-state index in [1.165, 1.54) is 4.88 Å². The molecule has 2 rings (SSSR count). The van der Waals surface area contributed by atoms with E-state index >= 15 is 0 Å². The molecule has 4 nitrogen and oxygen atoms in total. The summed E-state index contributed by atoms with van der Waals surface area (Å²) in [6.07, 6.45) is -0.313. The topological polar surface area (TPSA) is 56.5 Å². The molecule has 2 heterocycles. The van der Waals surface area contributed by atoms with Gasteiger partial charge in [-0.3, -0.25) is 4.90 Å². The van der Waals surface area contributed by atoms with E-state index in [2.05, 4.69) is 22.8 Å². The number of hydrogen-bond acceptors (Lipinski definition) is 5. The van der Waals surface area contributed by atoms with Gasteiger partial charge in [-0.05, 0) is 12.1 Å². The van der Waals surface area contributed by atoms with Crippen LogP contribution in [-0.2, 0) is 11.3 Å². The van der Waals surface area contributed by atoms with E-state index in [9.17, 15) is 0 Å². The summed E-state index contributed by atoms with van der Waals surface area (Å²) in [5.74, 6) is 5.53. The van der Waals surface area contributed by atoms with Gasteiger partial charge in [-0.25, -0.2) is 0 Å². The number of nitriles is 1. The summed E-state index contributed by atoms with van der Waals surface area (Å²) < 4.78 is 5.30. The molecule has 0 radical (unpaired) electrons. The van der Waals surface area contributed by atoms with Gasteiger partial charge >= 0.3 is 0 Å². The highest BCUT2D eigenvalue weighted by atomic mass is 32.1. The summed E-state index contributed by atoms with van der Waals surface area (Å²) in [6.45, 7) is 2.84. The molecule has 0 bridgehead atoms. The lowest BCUT2D eigenvalue weighted by Crippen LogP contribution is -2.41. The predicted octanol–water partition coefficient (Wildman–Crippen LogP) is 0.816. The van der Waals surface area contributed by atoms with Crippen LogP contribution in [0, 0.1) is 23.2 Å². The molecule has 5 heteroatoms. The molecular weight excluding hydrogens is 248 g/mol. The number of aliphatic hydroxyl groups is 1. The van der Waals surface area contributed by atoms with Gasteiger partial charge in [0.25, 0.3) is 0 Å². The van der Waals surface area contributed by atoms with Gasteiger partial charge in [-0.15, -0.1) is 11.3 Å². The Kier molecular flexibility index (Phi) is 4.74. The van der Waals surface area contributed by atoms with Gasteiger partial charge in [0.15, 0.2) is 6.10 Å². The first-order chi connectivity index (χ1) is 8.81. The zero-order valence-electron chi connectivity index (χ0n) is 9.93. The smallest absolute Gasteiger partial charge is 0.156 e. The molecule has 1 fully saturated rings. The predicted molar refractivity (Wildman–Crippen MR) is 68.9 cm³/mol. The third-order valence-electron chi connectivity index (χ3n) is 2.63. The van der Waals surface area contributed by atoms with Crippen molar-refractivity contribution < 1.29 is 9.84 Å². The number of morpholine rings is 1. The SMILES string of the molecule is N#CC1CN(Cc2ccc(C#CCO)s2)CCO1. The third kappa shape index (κ3) is 3.56. The molecule has 1 unspecified atom stereocenters. The number of rotatable bonds is 2. The zero-order valence-corrected chi connectivity index (χ0v) is 10.7. The number of thiophene rings is 1. The average Bonchev–Trinajstić information content (AvgIpc) is 2.84. The summed E-state index contributed by atoms with van der Waals surface area (Å²) in [5, 5.41) is 17.5. The van der Waals surface area contributed by atoms with Crippen LogP contribution in [0.2, 0.25) is 0 Å². The molecule has 0 spiro atoms. The second-order valence-corrected chi connectivity index (χ2v) is 5.12. The summed E-state index contributed by atoms with van der Waals surface area (Å²) in [7, 11) is 0. The van der Waals surface area contributed by atoms with Crippen molar-refractivity contribution in [3.8, 4) is 17.9 Å². The normalized spacial score (nSPS) is 19.9. The Labute approximate surface area is 110 Å². The highest BCUT2D eigenvalue weighted by Gasteiger charge is 2.20. The molecule has 1 aliphatic rings. The van der Waals surface area contributed by atoms with Gasteiger partial charge in [0.05, 0.1) is 17.6 Å². The van der Waals surface area contributed by atoms with Crippen molar-refractivity contribution >= 4 is 11.3 Å². The molecule has 1 N–H and O–H groups in total. The van der Waals surface area contributed by atoms with Crippen molar-refractivity contribution in [2.45, 2.75) is 12.6 Å². The van der Waals surface area contributed by atoms with Gasteiger partial charge in [0, 0.05) is 24.5 Å². The molecule has 1 atom stereocenters. The Morgan fingerprint density at radius 3 is 3.22 bits per heavy atom. The summed E-state index contributed by atoms with van der Waals surface area (Å²) in [4.78, 5) is 4.40. The first-order valence-electron chi connectivity index (χ1n) is 5.74. The van der Waals surface area contributed by atoms with Crippen LogP contribution in [0.4, 0.5) is 0 Å². The molecule has 94 valence electrons. The molecule has 1 aliphatic heterocycles. The van der Waals surface area contributed by atoms with Crippen molar-refractivity contribution in [3.63, 3.8) is 0 Å². The zero-order chi connectivity index (χ0) is 12.8. The standard InChI is InChI=1S/C13H14N2O2S/c14-8-11-9-15(5-7-17-11)10-13-4-3-12(18-13)2-1-6-16/h3-4,11,16H,5-7,9-10H2. The first-order valence-corrected chi connectivity index (χ1v) is 6.55. The highest BCUT2D eigenvalue weighted by molar-refractivity contribution is 7.12. The van der Waals surface area contributed by atoms with Crippen molar-refractivity contribution in [3.05, 3.63) is 21.9 Å². The summed E-state index contributed by atoms with van der Waals surface area (Å²) in [5.41, 5.74) is 0. The average molecular weight is 262 g/mol. The Hall–Kier alpha value is -1.37. The monoisotopic (exact) mass is 262 g/mol. The molecule has 0 amide bonds. The van der Waals surface area contributed by atoms with Crippen molar-refractivity contribution in [1.29, 1.82) is 5.26 Å². The maximum absolute atomic E-state index is 8.84. The van der Waals surface area contributed by atoms with Crippen LogP contribution in [0.5, 0.6) is 0 Å². The highest BCUT2D eigenvalue weighted by Crippen LogP contribution is 2.18. The van der Waals surface area contributed by atoms with E-state index in [0.717, 1.165) is 18.0 Å². The maximum Gasteiger partial charge on any atom is 0.156 e. The summed E-state index contributed by atoms with van der Waals surface area (Å²) >= 11 is 1.63. The van der Waals surface area contributed by atoms with E-state index < -0.39 is 0 Å². The molecular formula is C13H14N2O2S. The molecule has 1 aromatic heterocycles. The van der Waals surface area contributed by atoms with Gasteiger partial charge in [0.2, 0.25) is 0 Å². The first kappa shape index (κ1) is 13.1. The van der Waals surface area contributed by atoms with Gasteiger partial charge in [-0.1, -0.05) is 11.8 Å². The van der Waals surface area contributed by atoms with Gasteiger partial charge < -0.3 is 9.84 Å². The van der Waals surface area contributed by atoms with Crippen LogP contribution >= 0.6 is 11.3 Å². The van der Waals surface area contributed by atoms with Crippen molar-refractivity contribution in [2.24, 2.45) is 0 Å². The van der Waals surface area contributed by atoms with E-state index in [0.29, 0.717) is 13.2 Å². The van der Waals surface area contributed by atoms with Crippen molar-refractivity contribution in [2.75, 3.05) is 26.3 Å². The fourth-order valence-electron chi connectivity index (χ4n) is 1.80. The maximum atomic E-state index is 8.84. The second kappa shape index (κ2) is 6.53.